The fraction of sp³-hybridized carbons (Fsp3) is 1.00. The molecule has 2 nitrogen and oxygen atoms in total. The second-order valence-corrected chi connectivity index (χ2v) is 8.33. The van der Waals surface area contributed by atoms with Gasteiger partial charge in [-0.3, -0.25) is 0 Å². The predicted octanol–water partition coefficient (Wildman–Crippen LogP) is 4.92. The van der Waals surface area contributed by atoms with Crippen LogP contribution in [0.4, 0.5) is 0 Å². The summed E-state index contributed by atoms with van der Waals surface area (Å²) in [4.78, 5) is 0. The molecule has 0 saturated heterocycles. The van der Waals surface area contributed by atoms with Crippen molar-refractivity contribution >= 4 is 0 Å². The van der Waals surface area contributed by atoms with Gasteiger partial charge in [-0.1, -0.05) is 46.5 Å². The van der Waals surface area contributed by atoms with Gasteiger partial charge < -0.3 is 10.1 Å². The third kappa shape index (κ3) is 4.45. The van der Waals surface area contributed by atoms with Gasteiger partial charge in [0.05, 0.1) is 5.60 Å². The standard InChI is InChI=1S/C19H37NO/c1-5-14-20-17(15-16-8-6-7-9-16)19(21-4)12-10-18(2,3)11-13-19/h16-17,20H,5-15H2,1-4H3. The van der Waals surface area contributed by atoms with Gasteiger partial charge in [0.1, 0.15) is 0 Å². The van der Waals surface area contributed by atoms with E-state index in [0.717, 1.165) is 12.5 Å². The second kappa shape index (κ2) is 7.46. The van der Waals surface area contributed by atoms with Crippen LogP contribution in [0.5, 0.6) is 0 Å². The van der Waals surface area contributed by atoms with Crippen molar-refractivity contribution < 1.29 is 4.74 Å². The van der Waals surface area contributed by atoms with Crippen molar-refractivity contribution in [3.63, 3.8) is 0 Å². The lowest BCUT2D eigenvalue weighted by Gasteiger charge is -2.48. The molecule has 0 radical (unpaired) electrons. The molecule has 0 spiro atoms. The molecular weight excluding hydrogens is 258 g/mol. The third-order valence-electron chi connectivity index (χ3n) is 6.18. The number of hydrogen-bond donors (Lipinski definition) is 1. The van der Waals surface area contributed by atoms with E-state index in [1.54, 1.807) is 0 Å². The molecule has 0 aromatic rings. The Morgan fingerprint density at radius 3 is 2.24 bits per heavy atom. The van der Waals surface area contributed by atoms with Crippen LogP contribution in [-0.4, -0.2) is 25.3 Å². The lowest BCUT2D eigenvalue weighted by atomic mass is 9.67. The summed E-state index contributed by atoms with van der Waals surface area (Å²) in [6.07, 6.45) is 13.4. The average Bonchev–Trinajstić information content (AvgIpc) is 2.97. The van der Waals surface area contributed by atoms with E-state index in [-0.39, 0.29) is 5.60 Å². The number of nitrogens with one attached hydrogen (secondary N) is 1. The van der Waals surface area contributed by atoms with Crippen LogP contribution >= 0.6 is 0 Å². The van der Waals surface area contributed by atoms with Crippen LogP contribution in [0.15, 0.2) is 0 Å². The quantitative estimate of drug-likeness (QED) is 0.720. The molecule has 1 N–H and O–H groups in total. The molecule has 0 heterocycles. The van der Waals surface area contributed by atoms with Crippen LogP contribution in [-0.2, 0) is 4.74 Å². The highest BCUT2D eigenvalue weighted by atomic mass is 16.5. The number of rotatable bonds is 7. The molecule has 2 aliphatic carbocycles. The maximum Gasteiger partial charge on any atom is 0.0831 e. The van der Waals surface area contributed by atoms with E-state index in [1.165, 1.54) is 64.2 Å². The summed E-state index contributed by atoms with van der Waals surface area (Å²) in [7, 11) is 1.95. The summed E-state index contributed by atoms with van der Waals surface area (Å²) in [5.74, 6) is 0.932. The topological polar surface area (TPSA) is 21.3 Å². The first kappa shape index (κ1) is 17.3. The highest BCUT2D eigenvalue weighted by Gasteiger charge is 2.44. The molecule has 0 amide bonds. The Balaban J connectivity index is 2.04. The molecule has 2 saturated carbocycles. The summed E-state index contributed by atoms with van der Waals surface area (Å²) in [5.41, 5.74) is 0.595. The monoisotopic (exact) mass is 295 g/mol. The van der Waals surface area contributed by atoms with Crippen molar-refractivity contribution in [2.45, 2.75) is 96.6 Å². The van der Waals surface area contributed by atoms with Crippen molar-refractivity contribution in [2.24, 2.45) is 11.3 Å². The van der Waals surface area contributed by atoms with Crippen LogP contribution < -0.4 is 5.32 Å². The zero-order chi connectivity index (χ0) is 15.3. The van der Waals surface area contributed by atoms with Crippen LogP contribution in [0.2, 0.25) is 0 Å². The zero-order valence-corrected chi connectivity index (χ0v) is 14.8. The first-order valence-corrected chi connectivity index (χ1v) is 9.30. The van der Waals surface area contributed by atoms with Crippen LogP contribution in [0.3, 0.4) is 0 Å². The molecule has 2 aliphatic rings. The Morgan fingerprint density at radius 2 is 1.71 bits per heavy atom. The molecule has 0 bridgehead atoms. The molecule has 0 aromatic heterocycles. The van der Waals surface area contributed by atoms with Gasteiger partial charge in [0, 0.05) is 13.2 Å². The lowest BCUT2D eigenvalue weighted by molar-refractivity contribution is -0.0905. The molecule has 2 rings (SSSR count). The summed E-state index contributed by atoms with van der Waals surface area (Å²) in [6.45, 7) is 8.23. The van der Waals surface area contributed by atoms with Gasteiger partial charge >= 0.3 is 0 Å². The molecule has 2 fully saturated rings. The molecule has 0 aliphatic heterocycles. The van der Waals surface area contributed by atoms with Crippen molar-refractivity contribution in [1.29, 1.82) is 0 Å². The average molecular weight is 296 g/mol. The van der Waals surface area contributed by atoms with Gasteiger partial charge in [-0.2, -0.15) is 0 Å². The smallest absolute Gasteiger partial charge is 0.0831 e. The first-order valence-electron chi connectivity index (χ1n) is 9.30. The Bertz CT molecular complexity index is 297. The molecule has 1 atom stereocenters. The van der Waals surface area contributed by atoms with Gasteiger partial charge in [-0.25, -0.2) is 0 Å². The van der Waals surface area contributed by atoms with Crippen LogP contribution in [0.1, 0.15) is 85.0 Å². The Kier molecular flexibility index (Phi) is 6.14. The van der Waals surface area contributed by atoms with E-state index < -0.39 is 0 Å². The molecule has 2 heteroatoms. The predicted molar refractivity (Wildman–Crippen MR) is 90.6 cm³/mol. The number of ether oxygens (including phenoxy) is 1. The van der Waals surface area contributed by atoms with Crippen LogP contribution in [0, 0.1) is 11.3 Å². The molecule has 1 unspecified atom stereocenters. The fourth-order valence-electron chi connectivity index (χ4n) is 4.43. The minimum atomic E-state index is 0.0906. The van der Waals surface area contributed by atoms with E-state index in [2.05, 4.69) is 26.1 Å². The summed E-state index contributed by atoms with van der Waals surface area (Å²) >= 11 is 0. The molecule has 21 heavy (non-hydrogen) atoms. The Morgan fingerprint density at radius 1 is 1.10 bits per heavy atom. The van der Waals surface area contributed by atoms with Gasteiger partial charge in [0.15, 0.2) is 0 Å². The van der Waals surface area contributed by atoms with E-state index >= 15 is 0 Å². The molecule has 124 valence electrons. The molecule has 0 aromatic carbocycles. The fourth-order valence-corrected chi connectivity index (χ4v) is 4.43. The van der Waals surface area contributed by atoms with Gasteiger partial charge in [-0.05, 0) is 56.4 Å². The van der Waals surface area contributed by atoms with E-state index in [4.69, 9.17) is 4.74 Å². The second-order valence-electron chi connectivity index (χ2n) is 8.33. The maximum atomic E-state index is 6.18. The van der Waals surface area contributed by atoms with Gasteiger partial charge in [0.2, 0.25) is 0 Å². The minimum absolute atomic E-state index is 0.0906. The van der Waals surface area contributed by atoms with Crippen LogP contribution in [0.25, 0.3) is 0 Å². The number of hydrogen-bond acceptors (Lipinski definition) is 2. The summed E-state index contributed by atoms with van der Waals surface area (Å²) in [5, 5.41) is 3.86. The summed E-state index contributed by atoms with van der Waals surface area (Å²) < 4.78 is 6.18. The number of methoxy groups -OCH3 is 1. The minimum Gasteiger partial charge on any atom is -0.377 e. The highest BCUT2D eigenvalue weighted by Crippen LogP contribution is 2.45. The Hall–Kier alpha value is -0.0800. The largest absolute Gasteiger partial charge is 0.377 e. The molecular formula is C19H37NO. The van der Waals surface area contributed by atoms with E-state index in [9.17, 15) is 0 Å². The van der Waals surface area contributed by atoms with Crippen molar-refractivity contribution in [3.05, 3.63) is 0 Å². The van der Waals surface area contributed by atoms with Crippen molar-refractivity contribution in [1.82, 2.24) is 5.32 Å². The third-order valence-corrected chi connectivity index (χ3v) is 6.18. The normalized spacial score (nSPS) is 26.9. The lowest BCUT2D eigenvalue weighted by Crippen LogP contribution is -2.55. The van der Waals surface area contributed by atoms with E-state index in [1.807, 2.05) is 7.11 Å². The maximum absolute atomic E-state index is 6.18. The Labute approximate surface area is 132 Å². The SMILES string of the molecule is CCCNC(CC1CCCC1)C1(OC)CCC(C)(C)CC1. The van der Waals surface area contributed by atoms with E-state index in [0.29, 0.717) is 11.5 Å². The van der Waals surface area contributed by atoms with Gasteiger partial charge in [0.25, 0.3) is 0 Å². The first-order chi connectivity index (χ1) is 10.0. The zero-order valence-electron chi connectivity index (χ0n) is 14.8. The van der Waals surface area contributed by atoms with Crippen molar-refractivity contribution in [2.75, 3.05) is 13.7 Å². The van der Waals surface area contributed by atoms with Gasteiger partial charge in [-0.15, -0.1) is 0 Å². The highest BCUT2D eigenvalue weighted by molar-refractivity contribution is 4.99. The van der Waals surface area contributed by atoms with Crippen molar-refractivity contribution in [3.8, 4) is 0 Å². The summed E-state index contributed by atoms with van der Waals surface area (Å²) in [6, 6.07) is 0.557.